The lowest BCUT2D eigenvalue weighted by Crippen LogP contribution is -2.45. The summed E-state index contributed by atoms with van der Waals surface area (Å²) in [6, 6.07) is 5.90. The molecule has 1 aromatic rings. The van der Waals surface area contributed by atoms with Crippen molar-refractivity contribution in [3.05, 3.63) is 23.8 Å². The van der Waals surface area contributed by atoms with Crippen LogP contribution < -0.4 is 20.1 Å². The SMILES string of the molecule is CCNC(=NCc1ccc2c(c1)OCO2)NCC1CCN(C(=O)OC(C)(C)C)CC1.I. The molecule has 1 amide bonds. The minimum absolute atomic E-state index is 0. The molecule has 0 saturated carbocycles. The number of ether oxygens (including phenoxy) is 3. The molecule has 1 aromatic carbocycles. The van der Waals surface area contributed by atoms with Gasteiger partial charge in [-0.1, -0.05) is 6.07 Å². The van der Waals surface area contributed by atoms with Gasteiger partial charge in [0.2, 0.25) is 6.79 Å². The average molecular weight is 546 g/mol. The highest BCUT2D eigenvalue weighted by Crippen LogP contribution is 2.32. The summed E-state index contributed by atoms with van der Waals surface area (Å²) in [5.74, 6) is 2.85. The second kappa shape index (κ2) is 11.6. The Morgan fingerprint density at radius 2 is 1.90 bits per heavy atom. The summed E-state index contributed by atoms with van der Waals surface area (Å²) >= 11 is 0. The molecule has 9 heteroatoms. The Kier molecular flexibility index (Phi) is 9.52. The van der Waals surface area contributed by atoms with Gasteiger partial charge in [-0.25, -0.2) is 9.79 Å². The standard InChI is InChI=1S/C22H34N4O4.HI/c1-5-23-20(25-14-17-6-7-18-19(12-17)29-15-28-18)24-13-16-8-10-26(11-9-16)21(27)30-22(2,3)4;/h6-7,12,16H,5,8-11,13-15H2,1-4H3,(H2,23,24,25);1H. The van der Waals surface area contributed by atoms with Crippen LogP contribution in [0.25, 0.3) is 0 Å². The molecule has 2 aliphatic rings. The van der Waals surface area contributed by atoms with Crippen LogP contribution in [0.15, 0.2) is 23.2 Å². The Bertz CT molecular complexity index is 758. The van der Waals surface area contributed by atoms with Crippen molar-refractivity contribution >= 4 is 36.0 Å². The maximum absolute atomic E-state index is 12.2. The maximum atomic E-state index is 12.2. The van der Waals surface area contributed by atoms with Crippen LogP contribution in [-0.4, -0.2) is 55.5 Å². The lowest BCUT2D eigenvalue weighted by atomic mass is 9.97. The van der Waals surface area contributed by atoms with E-state index in [0.717, 1.165) is 62.0 Å². The van der Waals surface area contributed by atoms with Crippen LogP contribution in [0.5, 0.6) is 11.5 Å². The second-order valence-corrected chi connectivity index (χ2v) is 8.67. The first kappa shape index (κ1) is 25.4. The first-order valence-electron chi connectivity index (χ1n) is 10.7. The van der Waals surface area contributed by atoms with Gasteiger partial charge in [-0.3, -0.25) is 0 Å². The molecule has 0 aliphatic carbocycles. The number of aliphatic imine (C=N–C) groups is 1. The molecule has 2 heterocycles. The van der Waals surface area contributed by atoms with Gasteiger partial charge in [0.15, 0.2) is 17.5 Å². The highest BCUT2D eigenvalue weighted by molar-refractivity contribution is 14.0. The molecule has 0 bridgehead atoms. The van der Waals surface area contributed by atoms with Crippen LogP contribution in [0.3, 0.4) is 0 Å². The van der Waals surface area contributed by atoms with E-state index in [2.05, 4.69) is 17.6 Å². The van der Waals surface area contributed by atoms with E-state index >= 15 is 0 Å². The highest BCUT2D eigenvalue weighted by Gasteiger charge is 2.26. The minimum Gasteiger partial charge on any atom is -0.454 e. The van der Waals surface area contributed by atoms with Crippen molar-refractivity contribution < 1.29 is 19.0 Å². The first-order valence-corrected chi connectivity index (χ1v) is 10.7. The maximum Gasteiger partial charge on any atom is 0.410 e. The fourth-order valence-electron chi connectivity index (χ4n) is 3.44. The van der Waals surface area contributed by atoms with Crippen molar-refractivity contribution in [3.8, 4) is 11.5 Å². The van der Waals surface area contributed by atoms with E-state index in [1.807, 2.05) is 39.0 Å². The number of nitrogens with zero attached hydrogens (tertiary/aromatic N) is 2. The van der Waals surface area contributed by atoms with Crippen molar-refractivity contribution in [2.24, 2.45) is 10.9 Å². The second-order valence-electron chi connectivity index (χ2n) is 8.67. The number of rotatable bonds is 5. The molecule has 31 heavy (non-hydrogen) atoms. The molecule has 0 unspecified atom stereocenters. The molecule has 1 saturated heterocycles. The van der Waals surface area contributed by atoms with E-state index in [1.165, 1.54) is 0 Å². The fraction of sp³-hybridized carbons (Fsp3) is 0.636. The van der Waals surface area contributed by atoms with Gasteiger partial charge < -0.3 is 29.7 Å². The lowest BCUT2D eigenvalue weighted by Gasteiger charge is -2.33. The predicted molar refractivity (Wildman–Crippen MR) is 131 cm³/mol. The number of likely N-dealkylation sites (tertiary alicyclic amines) is 1. The number of hydrogen-bond acceptors (Lipinski definition) is 5. The third-order valence-corrected chi connectivity index (χ3v) is 5.03. The number of amides is 1. The number of benzene rings is 1. The Balaban J connectivity index is 0.00000341. The third-order valence-electron chi connectivity index (χ3n) is 5.03. The van der Waals surface area contributed by atoms with Gasteiger partial charge >= 0.3 is 6.09 Å². The fourth-order valence-corrected chi connectivity index (χ4v) is 3.44. The average Bonchev–Trinajstić information content (AvgIpc) is 3.17. The largest absolute Gasteiger partial charge is 0.454 e. The highest BCUT2D eigenvalue weighted by atomic mass is 127. The minimum atomic E-state index is -0.454. The molecule has 0 atom stereocenters. The molecular weight excluding hydrogens is 511 g/mol. The van der Waals surface area contributed by atoms with Gasteiger partial charge in [-0.2, -0.15) is 0 Å². The van der Waals surface area contributed by atoms with Gasteiger partial charge in [-0.15, -0.1) is 24.0 Å². The molecular formula is C22H35IN4O4. The molecule has 2 aliphatic heterocycles. The molecule has 0 radical (unpaired) electrons. The van der Waals surface area contributed by atoms with Crippen molar-refractivity contribution in [1.29, 1.82) is 0 Å². The van der Waals surface area contributed by atoms with E-state index in [9.17, 15) is 4.79 Å². The van der Waals surface area contributed by atoms with Crippen LogP contribution in [0, 0.1) is 5.92 Å². The number of nitrogens with one attached hydrogen (secondary N) is 2. The summed E-state index contributed by atoms with van der Waals surface area (Å²) in [6.07, 6.45) is 1.69. The smallest absolute Gasteiger partial charge is 0.410 e. The molecule has 0 aromatic heterocycles. The number of guanidine groups is 1. The third kappa shape index (κ3) is 7.93. The van der Waals surface area contributed by atoms with Gasteiger partial charge in [0.05, 0.1) is 6.54 Å². The van der Waals surface area contributed by atoms with Crippen molar-refractivity contribution in [1.82, 2.24) is 15.5 Å². The van der Waals surface area contributed by atoms with Crippen LogP contribution >= 0.6 is 24.0 Å². The molecule has 2 N–H and O–H groups in total. The predicted octanol–water partition coefficient (Wildman–Crippen LogP) is 3.74. The van der Waals surface area contributed by atoms with E-state index in [4.69, 9.17) is 19.2 Å². The Hall–Kier alpha value is -1.91. The summed E-state index contributed by atoms with van der Waals surface area (Å²) in [4.78, 5) is 18.7. The van der Waals surface area contributed by atoms with Crippen molar-refractivity contribution in [2.75, 3.05) is 33.0 Å². The number of carbonyl (C=O) groups is 1. The van der Waals surface area contributed by atoms with E-state index in [0.29, 0.717) is 12.5 Å². The Labute approximate surface area is 202 Å². The van der Waals surface area contributed by atoms with Gasteiger partial charge in [0.25, 0.3) is 0 Å². The van der Waals surface area contributed by atoms with Gasteiger partial charge in [0, 0.05) is 26.2 Å². The molecule has 8 nitrogen and oxygen atoms in total. The van der Waals surface area contributed by atoms with Gasteiger partial charge in [-0.05, 0) is 64.2 Å². The van der Waals surface area contributed by atoms with E-state index < -0.39 is 5.60 Å². The van der Waals surface area contributed by atoms with Crippen LogP contribution in [0.1, 0.15) is 46.1 Å². The van der Waals surface area contributed by atoms with E-state index in [-0.39, 0.29) is 36.9 Å². The number of hydrogen-bond donors (Lipinski definition) is 2. The summed E-state index contributed by atoms with van der Waals surface area (Å²) < 4.78 is 16.3. The zero-order valence-electron chi connectivity index (χ0n) is 18.9. The summed E-state index contributed by atoms with van der Waals surface area (Å²) in [7, 11) is 0. The molecule has 174 valence electrons. The van der Waals surface area contributed by atoms with Crippen LogP contribution in [0.2, 0.25) is 0 Å². The normalized spacial score (nSPS) is 16.5. The number of halogens is 1. The zero-order chi connectivity index (χ0) is 21.6. The quantitative estimate of drug-likeness (QED) is 0.333. The number of piperidine rings is 1. The van der Waals surface area contributed by atoms with Crippen LogP contribution in [-0.2, 0) is 11.3 Å². The monoisotopic (exact) mass is 546 g/mol. The van der Waals surface area contributed by atoms with Gasteiger partial charge in [0.1, 0.15) is 5.60 Å². The van der Waals surface area contributed by atoms with Crippen molar-refractivity contribution in [2.45, 2.75) is 52.7 Å². The molecule has 0 spiro atoms. The first-order chi connectivity index (χ1) is 14.3. The van der Waals surface area contributed by atoms with Crippen molar-refractivity contribution in [3.63, 3.8) is 0 Å². The molecule has 3 rings (SSSR count). The summed E-state index contributed by atoms with van der Waals surface area (Å²) in [5, 5.41) is 6.74. The summed E-state index contributed by atoms with van der Waals surface area (Å²) in [6.45, 7) is 11.7. The van der Waals surface area contributed by atoms with Crippen LogP contribution in [0.4, 0.5) is 4.79 Å². The van der Waals surface area contributed by atoms with E-state index in [1.54, 1.807) is 4.90 Å². The Morgan fingerprint density at radius 1 is 1.19 bits per heavy atom. The number of carbonyl (C=O) groups excluding carboxylic acids is 1. The molecule has 1 fully saturated rings. The summed E-state index contributed by atoms with van der Waals surface area (Å²) in [5.41, 5.74) is 0.618. The topological polar surface area (TPSA) is 84.4 Å². The Morgan fingerprint density at radius 3 is 2.58 bits per heavy atom. The zero-order valence-corrected chi connectivity index (χ0v) is 21.2. The lowest BCUT2D eigenvalue weighted by molar-refractivity contribution is 0.0185. The number of fused-ring (bicyclic) bond motifs is 1.